The molecule has 0 saturated carbocycles. The highest BCUT2D eigenvalue weighted by Crippen LogP contribution is 2.35. The number of anilines is 1. The fraction of sp³-hybridized carbons (Fsp3) is 0.206. The van der Waals surface area contributed by atoms with Crippen molar-refractivity contribution in [2.24, 2.45) is 4.99 Å². The molecule has 0 atom stereocenters. The van der Waals surface area contributed by atoms with Crippen LogP contribution in [0.4, 0.5) is 10.2 Å². The first-order chi connectivity index (χ1) is 20.3. The normalized spacial score (nSPS) is 14.0. The summed E-state index contributed by atoms with van der Waals surface area (Å²) in [6.45, 7) is 5.46. The van der Waals surface area contributed by atoms with Gasteiger partial charge in [-0.3, -0.25) is 4.79 Å². The molecule has 0 unspecified atom stereocenters. The number of hydrogen-bond donors (Lipinski definition) is 2. The van der Waals surface area contributed by atoms with Crippen LogP contribution in [0.5, 0.6) is 0 Å². The van der Waals surface area contributed by atoms with Gasteiger partial charge in [0.2, 0.25) is 5.90 Å². The average Bonchev–Trinajstić information content (AvgIpc) is 3.60. The Morgan fingerprint density at radius 1 is 0.976 bits per heavy atom. The van der Waals surface area contributed by atoms with Crippen molar-refractivity contribution in [2.45, 2.75) is 32.5 Å². The van der Waals surface area contributed by atoms with E-state index < -0.39 is 11.4 Å². The van der Waals surface area contributed by atoms with Gasteiger partial charge in [-0.1, -0.05) is 66.7 Å². The first-order valence-corrected chi connectivity index (χ1v) is 13.9. The molecule has 0 fully saturated rings. The molecule has 0 saturated heterocycles. The van der Waals surface area contributed by atoms with Gasteiger partial charge in [0.15, 0.2) is 5.82 Å². The second kappa shape index (κ2) is 11.1. The van der Waals surface area contributed by atoms with Gasteiger partial charge in [-0.05, 0) is 43.2 Å². The van der Waals surface area contributed by atoms with Crippen molar-refractivity contribution in [1.29, 1.82) is 0 Å². The summed E-state index contributed by atoms with van der Waals surface area (Å²) >= 11 is 0. The lowest BCUT2D eigenvalue weighted by molar-refractivity contribution is 0.0964. The van der Waals surface area contributed by atoms with E-state index in [2.05, 4.69) is 44.5 Å². The molecule has 1 amide bonds. The number of aromatic amines is 1. The van der Waals surface area contributed by atoms with Crippen molar-refractivity contribution in [3.8, 4) is 11.3 Å². The molecule has 1 aliphatic heterocycles. The van der Waals surface area contributed by atoms with Gasteiger partial charge in [0, 0.05) is 43.0 Å². The van der Waals surface area contributed by atoms with Gasteiger partial charge < -0.3 is 19.9 Å². The third-order valence-corrected chi connectivity index (χ3v) is 7.34. The summed E-state index contributed by atoms with van der Waals surface area (Å²) < 4.78 is 21.8. The molecule has 7 nitrogen and oxygen atoms in total. The van der Waals surface area contributed by atoms with Gasteiger partial charge >= 0.3 is 0 Å². The summed E-state index contributed by atoms with van der Waals surface area (Å²) in [5, 5.41) is 3.36. The molecule has 5 aromatic rings. The minimum atomic E-state index is -0.443. The van der Waals surface area contributed by atoms with E-state index >= 15 is 4.39 Å². The summed E-state index contributed by atoms with van der Waals surface area (Å²) in [5.41, 5.74) is 4.05. The maximum absolute atomic E-state index is 16.1. The van der Waals surface area contributed by atoms with Crippen LogP contribution in [-0.2, 0) is 17.8 Å². The van der Waals surface area contributed by atoms with Crippen molar-refractivity contribution in [2.75, 3.05) is 18.6 Å². The largest absolute Gasteiger partial charge is 0.475 e. The summed E-state index contributed by atoms with van der Waals surface area (Å²) in [6.07, 6.45) is 1.59. The van der Waals surface area contributed by atoms with Gasteiger partial charge in [0.1, 0.15) is 12.4 Å². The second-order valence-electron chi connectivity index (χ2n) is 11.1. The fourth-order valence-corrected chi connectivity index (χ4v) is 5.24. The first kappa shape index (κ1) is 27.2. The maximum atomic E-state index is 16.1. The predicted molar refractivity (Wildman–Crippen MR) is 164 cm³/mol. The Bertz CT molecular complexity index is 1740. The van der Waals surface area contributed by atoms with Crippen molar-refractivity contribution < 1.29 is 13.9 Å². The standard InChI is InChI=1S/C34H32FN5O2/c1-34(2)21-42-33(39-34)25-16-10-15-24(29(25)35)28-17-26-27(32(41)36-3)18-37-31(30(26)38-28)40(19-22-11-6-4-7-12-22)20-23-13-8-5-9-14-23/h4-18,38H,19-21H2,1-3H3,(H,36,41). The van der Waals surface area contributed by atoms with E-state index in [0.29, 0.717) is 64.7 Å². The summed E-state index contributed by atoms with van der Waals surface area (Å²) in [7, 11) is 1.58. The highest BCUT2D eigenvalue weighted by molar-refractivity contribution is 6.10. The molecule has 8 heteroatoms. The molecule has 1 aliphatic rings. The number of carbonyl (C=O) groups excluding carboxylic acids is 1. The van der Waals surface area contributed by atoms with Crippen LogP contribution in [0.25, 0.3) is 22.2 Å². The van der Waals surface area contributed by atoms with E-state index in [1.165, 1.54) is 0 Å². The van der Waals surface area contributed by atoms with Crippen LogP contribution in [0.15, 0.2) is 96.1 Å². The zero-order chi connectivity index (χ0) is 29.3. The highest BCUT2D eigenvalue weighted by atomic mass is 19.1. The number of halogens is 1. The molecule has 0 bridgehead atoms. The Morgan fingerprint density at radius 2 is 1.62 bits per heavy atom. The third kappa shape index (κ3) is 5.35. The van der Waals surface area contributed by atoms with Crippen LogP contribution < -0.4 is 10.2 Å². The molecular weight excluding hydrogens is 529 g/mol. The third-order valence-electron chi connectivity index (χ3n) is 7.34. The minimum absolute atomic E-state index is 0.271. The van der Waals surface area contributed by atoms with E-state index in [9.17, 15) is 4.79 Å². The van der Waals surface area contributed by atoms with Crippen molar-refractivity contribution in [1.82, 2.24) is 15.3 Å². The molecule has 6 rings (SSSR count). The predicted octanol–water partition coefficient (Wildman–Crippen LogP) is 6.49. The number of carbonyl (C=O) groups is 1. The van der Waals surface area contributed by atoms with Crippen LogP contribution >= 0.6 is 0 Å². The highest BCUT2D eigenvalue weighted by Gasteiger charge is 2.29. The van der Waals surface area contributed by atoms with Crippen molar-refractivity contribution in [3.63, 3.8) is 0 Å². The molecule has 0 spiro atoms. The SMILES string of the molecule is CNC(=O)c1cnc(N(Cc2ccccc2)Cc2ccccc2)c2[nH]c(-c3cccc(C4=NC(C)(C)CO4)c3F)cc12. The molecule has 2 aromatic heterocycles. The number of nitrogens with zero attached hydrogens (tertiary/aromatic N) is 3. The Hall–Kier alpha value is -4.98. The minimum Gasteiger partial charge on any atom is -0.475 e. The van der Waals surface area contributed by atoms with Crippen LogP contribution in [0.3, 0.4) is 0 Å². The van der Waals surface area contributed by atoms with Gasteiger partial charge in [0.05, 0.1) is 22.2 Å². The molecule has 3 heterocycles. The second-order valence-corrected chi connectivity index (χ2v) is 11.1. The van der Waals surface area contributed by atoms with Gasteiger partial charge in [-0.15, -0.1) is 0 Å². The number of pyridine rings is 1. The van der Waals surface area contributed by atoms with Crippen LogP contribution in [0, 0.1) is 5.82 Å². The lowest BCUT2D eigenvalue weighted by Crippen LogP contribution is -2.24. The molecule has 42 heavy (non-hydrogen) atoms. The maximum Gasteiger partial charge on any atom is 0.253 e. The lowest BCUT2D eigenvalue weighted by atomic mass is 10.1. The Kier molecular flexibility index (Phi) is 7.20. The number of H-pyrrole nitrogens is 1. The number of ether oxygens (including phenoxy) is 1. The van der Waals surface area contributed by atoms with E-state index in [-0.39, 0.29) is 5.91 Å². The van der Waals surface area contributed by atoms with Gasteiger partial charge in [0.25, 0.3) is 5.91 Å². The Morgan fingerprint density at radius 3 is 2.21 bits per heavy atom. The van der Waals surface area contributed by atoms with Crippen LogP contribution in [0.2, 0.25) is 0 Å². The zero-order valence-electron chi connectivity index (χ0n) is 23.8. The molecule has 0 radical (unpaired) electrons. The molecular formula is C34H32FN5O2. The van der Waals surface area contributed by atoms with Crippen LogP contribution in [-0.4, -0.2) is 41.0 Å². The summed E-state index contributed by atoms with van der Waals surface area (Å²) in [6, 6.07) is 27.3. The molecule has 0 aliphatic carbocycles. The van der Waals surface area contributed by atoms with Crippen molar-refractivity contribution >= 4 is 28.5 Å². The number of rotatable bonds is 8. The number of nitrogens with one attached hydrogen (secondary N) is 2. The molecule has 212 valence electrons. The topological polar surface area (TPSA) is 82.6 Å². The lowest BCUT2D eigenvalue weighted by Gasteiger charge is -2.25. The summed E-state index contributed by atoms with van der Waals surface area (Å²) in [5.74, 6) is 0.244. The average molecular weight is 562 g/mol. The number of benzene rings is 3. The number of amides is 1. The van der Waals surface area contributed by atoms with Crippen molar-refractivity contribution in [3.05, 3.63) is 119 Å². The van der Waals surface area contributed by atoms with E-state index in [0.717, 1.165) is 11.1 Å². The monoisotopic (exact) mass is 561 g/mol. The first-order valence-electron chi connectivity index (χ1n) is 13.9. The van der Waals surface area contributed by atoms with E-state index in [4.69, 9.17) is 9.72 Å². The fourth-order valence-electron chi connectivity index (χ4n) is 5.24. The summed E-state index contributed by atoms with van der Waals surface area (Å²) in [4.78, 5) is 27.9. The number of hydrogen-bond acceptors (Lipinski definition) is 5. The van der Waals surface area contributed by atoms with Gasteiger partial charge in [-0.2, -0.15) is 0 Å². The number of aromatic nitrogens is 2. The smallest absolute Gasteiger partial charge is 0.253 e. The number of fused-ring (bicyclic) bond motifs is 1. The zero-order valence-corrected chi connectivity index (χ0v) is 23.8. The van der Waals surface area contributed by atoms with E-state index in [1.807, 2.05) is 56.3 Å². The molecule has 3 aromatic carbocycles. The Balaban J connectivity index is 1.50. The quantitative estimate of drug-likeness (QED) is 0.227. The van der Waals surface area contributed by atoms with E-state index in [1.54, 1.807) is 31.4 Å². The van der Waals surface area contributed by atoms with Gasteiger partial charge in [-0.25, -0.2) is 14.4 Å². The number of aliphatic imine (C=N–C) groups is 1. The Labute approximate surface area is 244 Å². The van der Waals surface area contributed by atoms with Crippen LogP contribution in [0.1, 0.15) is 40.9 Å². The molecule has 2 N–H and O–H groups in total.